The van der Waals surface area contributed by atoms with Crippen molar-refractivity contribution < 1.29 is 18.4 Å². The number of carbonyl (C=O) groups is 2. The normalized spacial score (nSPS) is 14.1. The molecule has 4 N–H and O–H groups in total. The summed E-state index contributed by atoms with van der Waals surface area (Å²) in [6, 6.07) is 11.6. The summed E-state index contributed by atoms with van der Waals surface area (Å²) in [4.78, 5) is 29.6. The zero-order valence-corrected chi connectivity index (χ0v) is 16.5. The van der Waals surface area contributed by atoms with E-state index in [0.29, 0.717) is 49.0 Å². The van der Waals surface area contributed by atoms with Crippen LogP contribution in [0.1, 0.15) is 18.5 Å². The Balaban J connectivity index is 1.36. The largest absolute Gasteiger partial charge is 0.459 e. The van der Waals surface area contributed by atoms with Crippen molar-refractivity contribution in [3.8, 4) is 17.7 Å². The summed E-state index contributed by atoms with van der Waals surface area (Å²) in [5.41, 5.74) is 6.46. The maximum Gasteiger partial charge on any atom is 0.316 e. The Morgan fingerprint density at radius 1 is 1.13 bits per heavy atom. The lowest BCUT2D eigenvalue weighted by Crippen LogP contribution is -2.38. The molecule has 158 valence electrons. The van der Waals surface area contributed by atoms with Gasteiger partial charge in [-0.3, -0.25) is 4.79 Å². The molecule has 1 saturated heterocycles. The molecule has 4 rings (SSSR count). The van der Waals surface area contributed by atoms with Crippen molar-refractivity contribution in [2.75, 3.05) is 28.6 Å². The summed E-state index contributed by atoms with van der Waals surface area (Å²) >= 11 is 0. The summed E-state index contributed by atoms with van der Waals surface area (Å²) in [6.45, 7) is 1.11. The number of nitrogens with one attached hydrogen (secondary N) is 2. The number of hydrogen-bond donors (Lipinski definition) is 3. The lowest BCUT2D eigenvalue weighted by Gasteiger charge is -2.30. The van der Waals surface area contributed by atoms with Crippen LogP contribution in [0.4, 0.5) is 22.1 Å². The van der Waals surface area contributed by atoms with E-state index >= 15 is 0 Å². The maximum absolute atomic E-state index is 12.6. The minimum atomic E-state index is -0.647. The molecule has 3 amide bonds. The number of furan rings is 1. The quantitative estimate of drug-likeness (QED) is 0.573. The van der Waals surface area contributed by atoms with Gasteiger partial charge in [-0.25, -0.2) is 4.79 Å². The van der Waals surface area contributed by atoms with E-state index in [1.165, 1.54) is 6.26 Å². The molecule has 1 fully saturated rings. The van der Waals surface area contributed by atoms with E-state index in [2.05, 4.69) is 21.7 Å². The highest BCUT2D eigenvalue weighted by Gasteiger charge is 2.29. The number of nitrogens with zero attached hydrogens (tertiary/aromatic N) is 3. The number of anilines is 3. The molecule has 2 aromatic heterocycles. The van der Waals surface area contributed by atoms with Crippen LogP contribution in [0.3, 0.4) is 0 Å². The van der Waals surface area contributed by atoms with Gasteiger partial charge in [0.2, 0.25) is 17.5 Å². The Bertz CT molecular complexity index is 1110. The zero-order valence-electron chi connectivity index (χ0n) is 16.5. The first-order valence-electron chi connectivity index (χ1n) is 9.70. The molecule has 0 spiro atoms. The van der Waals surface area contributed by atoms with Crippen molar-refractivity contribution in [1.82, 2.24) is 4.98 Å². The highest BCUT2D eigenvalue weighted by molar-refractivity contribution is 5.93. The molecule has 0 saturated carbocycles. The molecule has 1 aliphatic rings. The SMILES string of the molecule is N#Cc1nc(-c2ccco2)oc1N1CCC(C(=O)Nc2ccc(NC(N)=O)cc2)CC1. The molecule has 31 heavy (non-hydrogen) atoms. The van der Waals surface area contributed by atoms with Gasteiger partial charge in [0, 0.05) is 30.4 Å². The lowest BCUT2D eigenvalue weighted by atomic mass is 9.96. The Labute approximate surface area is 177 Å². The number of hydrogen-bond acceptors (Lipinski definition) is 7. The zero-order chi connectivity index (χ0) is 21.8. The van der Waals surface area contributed by atoms with Gasteiger partial charge in [-0.2, -0.15) is 10.2 Å². The minimum Gasteiger partial charge on any atom is -0.459 e. The Hall–Kier alpha value is -4.26. The fraction of sp³-hybridized carbons (Fsp3) is 0.238. The minimum absolute atomic E-state index is 0.0791. The van der Waals surface area contributed by atoms with E-state index in [1.807, 2.05) is 4.90 Å². The first-order valence-corrected chi connectivity index (χ1v) is 9.70. The monoisotopic (exact) mass is 420 g/mol. The van der Waals surface area contributed by atoms with E-state index in [0.717, 1.165) is 0 Å². The molecule has 3 aromatic rings. The number of nitriles is 1. The molecular weight excluding hydrogens is 400 g/mol. The van der Waals surface area contributed by atoms with Gasteiger partial charge in [0.1, 0.15) is 6.07 Å². The maximum atomic E-state index is 12.6. The van der Waals surface area contributed by atoms with Crippen LogP contribution in [-0.4, -0.2) is 30.0 Å². The van der Waals surface area contributed by atoms with Crippen LogP contribution in [-0.2, 0) is 4.79 Å². The van der Waals surface area contributed by atoms with E-state index < -0.39 is 6.03 Å². The molecular formula is C21H20N6O4. The van der Waals surface area contributed by atoms with Gasteiger partial charge in [0.25, 0.3) is 5.89 Å². The highest BCUT2D eigenvalue weighted by Crippen LogP contribution is 2.31. The third kappa shape index (κ3) is 4.51. The van der Waals surface area contributed by atoms with Crippen molar-refractivity contribution >= 4 is 29.2 Å². The Morgan fingerprint density at radius 2 is 1.81 bits per heavy atom. The molecule has 0 bridgehead atoms. The van der Waals surface area contributed by atoms with Gasteiger partial charge in [-0.1, -0.05) is 0 Å². The number of primary amides is 1. The summed E-state index contributed by atoms with van der Waals surface area (Å²) in [6.07, 6.45) is 2.72. The van der Waals surface area contributed by atoms with Crippen molar-refractivity contribution in [2.24, 2.45) is 11.7 Å². The van der Waals surface area contributed by atoms with Gasteiger partial charge in [0.05, 0.1) is 6.26 Å². The van der Waals surface area contributed by atoms with Crippen LogP contribution >= 0.6 is 0 Å². The number of carbonyl (C=O) groups excluding carboxylic acids is 2. The number of piperidine rings is 1. The molecule has 3 heterocycles. The fourth-order valence-corrected chi connectivity index (χ4v) is 3.47. The molecule has 10 heteroatoms. The summed E-state index contributed by atoms with van der Waals surface area (Å²) in [5.74, 6) is 0.854. The van der Waals surface area contributed by atoms with Crippen molar-refractivity contribution in [1.29, 1.82) is 5.26 Å². The van der Waals surface area contributed by atoms with Gasteiger partial charge in [0.15, 0.2) is 5.76 Å². The van der Waals surface area contributed by atoms with E-state index in [1.54, 1.807) is 36.4 Å². The van der Waals surface area contributed by atoms with Gasteiger partial charge >= 0.3 is 6.03 Å². The number of rotatable bonds is 5. The van der Waals surface area contributed by atoms with Gasteiger partial charge in [-0.15, -0.1) is 0 Å². The van der Waals surface area contributed by atoms with Crippen LogP contribution < -0.4 is 21.3 Å². The highest BCUT2D eigenvalue weighted by atomic mass is 16.4. The van der Waals surface area contributed by atoms with Crippen LogP contribution in [0, 0.1) is 17.2 Å². The number of oxazole rings is 1. The smallest absolute Gasteiger partial charge is 0.316 e. The van der Waals surface area contributed by atoms with Crippen molar-refractivity contribution in [2.45, 2.75) is 12.8 Å². The Kier molecular flexibility index (Phi) is 5.57. The molecule has 1 aliphatic heterocycles. The topological polar surface area (TPSA) is 150 Å². The average molecular weight is 420 g/mol. The summed E-state index contributed by atoms with van der Waals surface area (Å²) in [7, 11) is 0. The second-order valence-electron chi connectivity index (χ2n) is 7.08. The molecule has 10 nitrogen and oxygen atoms in total. The fourth-order valence-electron chi connectivity index (χ4n) is 3.47. The Morgan fingerprint density at radius 3 is 2.39 bits per heavy atom. The second-order valence-corrected chi connectivity index (χ2v) is 7.08. The number of benzene rings is 1. The lowest BCUT2D eigenvalue weighted by molar-refractivity contribution is -0.120. The number of amides is 3. The summed E-state index contributed by atoms with van der Waals surface area (Å²) < 4.78 is 11.1. The van der Waals surface area contributed by atoms with Gasteiger partial charge in [-0.05, 0) is 49.2 Å². The van der Waals surface area contributed by atoms with E-state index in [-0.39, 0.29) is 23.4 Å². The van der Waals surface area contributed by atoms with Gasteiger partial charge < -0.3 is 30.1 Å². The molecule has 0 aliphatic carbocycles. The predicted octanol–water partition coefficient (Wildman–Crippen LogP) is 3.15. The first kappa shape index (κ1) is 20.0. The predicted molar refractivity (Wildman–Crippen MR) is 112 cm³/mol. The van der Waals surface area contributed by atoms with Crippen LogP contribution in [0.5, 0.6) is 0 Å². The standard InChI is InChI=1S/C21H20N6O4/c22-12-16-20(31-19(26-16)17-2-1-11-30-17)27-9-7-13(8-10-27)18(28)24-14-3-5-15(6-4-14)25-21(23)29/h1-6,11,13H,7-10H2,(H,24,28)(H3,23,25,29). The number of aromatic nitrogens is 1. The molecule has 0 unspecified atom stereocenters. The van der Waals surface area contributed by atoms with E-state index in [9.17, 15) is 14.9 Å². The van der Waals surface area contributed by atoms with Crippen molar-refractivity contribution in [3.05, 3.63) is 48.4 Å². The number of nitrogens with two attached hydrogens (primary N) is 1. The summed E-state index contributed by atoms with van der Waals surface area (Å²) in [5, 5.41) is 14.8. The van der Waals surface area contributed by atoms with Crippen molar-refractivity contribution in [3.63, 3.8) is 0 Å². The third-order valence-corrected chi connectivity index (χ3v) is 5.02. The van der Waals surface area contributed by atoms with Crippen LogP contribution in [0.25, 0.3) is 11.7 Å². The second kappa shape index (κ2) is 8.62. The third-order valence-electron chi connectivity index (χ3n) is 5.02. The number of urea groups is 1. The molecule has 0 radical (unpaired) electrons. The average Bonchev–Trinajstić information content (AvgIpc) is 3.44. The molecule has 0 atom stereocenters. The molecule has 1 aromatic carbocycles. The van der Waals surface area contributed by atoms with E-state index in [4.69, 9.17) is 14.6 Å². The first-order chi connectivity index (χ1) is 15.0. The van der Waals surface area contributed by atoms with Crippen LogP contribution in [0.2, 0.25) is 0 Å². The van der Waals surface area contributed by atoms with Crippen LogP contribution in [0.15, 0.2) is 51.5 Å².